The number of carbonyl (C=O) groups excluding carboxylic acids is 3. The molecule has 320 valence electrons. The lowest BCUT2D eigenvalue weighted by atomic mass is 9.84. The van der Waals surface area contributed by atoms with Crippen LogP contribution >= 0.6 is 0 Å². The fraction of sp³-hybridized carbons (Fsp3) is 0.447. The van der Waals surface area contributed by atoms with Gasteiger partial charge in [-0.25, -0.2) is 9.59 Å². The largest absolute Gasteiger partial charge is 0.465 e. The van der Waals surface area contributed by atoms with E-state index in [4.69, 9.17) is 0 Å². The van der Waals surface area contributed by atoms with E-state index in [9.17, 15) is 29.4 Å². The maximum absolute atomic E-state index is 14.6. The molecule has 13 nitrogen and oxygen atoms in total. The highest BCUT2D eigenvalue weighted by Gasteiger charge is 2.45. The van der Waals surface area contributed by atoms with Crippen LogP contribution in [0.1, 0.15) is 70.5 Å². The maximum atomic E-state index is 14.6. The van der Waals surface area contributed by atoms with Crippen LogP contribution in [0.15, 0.2) is 97.2 Å². The summed E-state index contributed by atoms with van der Waals surface area (Å²) in [6.45, 7) is 14.2. The highest BCUT2D eigenvalue weighted by atomic mass is 16.4. The van der Waals surface area contributed by atoms with Crippen LogP contribution in [0.25, 0.3) is 11.3 Å². The molecule has 0 aliphatic carbocycles. The lowest BCUT2D eigenvalue weighted by molar-refractivity contribution is -0.131. The number of carbonyl (C=O) groups is 4. The molecular formula is C47H61N7O6. The predicted molar refractivity (Wildman–Crippen MR) is 232 cm³/mol. The Morgan fingerprint density at radius 3 is 2.07 bits per heavy atom. The molecule has 5 atom stereocenters. The lowest BCUT2D eigenvalue weighted by Gasteiger charge is -2.38. The van der Waals surface area contributed by atoms with Gasteiger partial charge >= 0.3 is 12.1 Å². The Morgan fingerprint density at radius 1 is 0.800 bits per heavy atom. The number of benzene rings is 2. The number of nitrogens with one attached hydrogen (secondary N) is 2. The zero-order valence-corrected chi connectivity index (χ0v) is 36.1. The van der Waals surface area contributed by atoms with Crippen molar-refractivity contribution < 1.29 is 29.4 Å². The highest BCUT2D eigenvalue weighted by molar-refractivity contribution is 5.89. The van der Waals surface area contributed by atoms with Gasteiger partial charge in [-0.3, -0.25) is 24.5 Å². The topological polar surface area (TPSA) is 168 Å². The molecule has 4 N–H and O–H groups in total. The Hall–Kier alpha value is -5.82. The van der Waals surface area contributed by atoms with Gasteiger partial charge in [-0.05, 0) is 72.4 Å². The minimum Gasteiger partial charge on any atom is -0.465 e. The number of hydrogen-bond donors (Lipinski definition) is 4. The van der Waals surface area contributed by atoms with Crippen LogP contribution in [0.3, 0.4) is 0 Å². The van der Waals surface area contributed by atoms with E-state index >= 15 is 0 Å². The third kappa shape index (κ3) is 11.9. The molecule has 0 bridgehead atoms. The average molecular weight is 820 g/mol. The molecule has 1 saturated heterocycles. The molecule has 0 radical (unpaired) electrons. The van der Waals surface area contributed by atoms with E-state index in [-0.39, 0.29) is 18.9 Å². The summed E-state index contributed by atoms with van der Waals surface area (Å²) in [5.74, 6) is -0.892. The second kappa shape index (κ2) is 19.5. The number of likely N-dealkylation sites (N-methyl/N-ethyl adjacent to an activating group) is 1. The third-order valence-electron chi connectivity index (χ3n) is 10.9. The standard InChI is InChI=1S/C47H61N7O6/c1-31-15-14-18-35(49-31)30-53-25-26-54(44(53)58)41(47(5,6)7)43(57)51-38(28-32-16-10-9-11-17-32)39(55)29-36(50-42(56)40(46(2,3)4)52(8)45(59)60)27-33-20-22-34(23-21-33)37-19-12-13-24-48-37/h9-24,36,38-41,55H,25-30H2,1-8H3,(H,50,56)(H,51,57)(H,59,60)/t36-,38-,39-,40+,41+/m0/s1. The van der Waals surface area contributed by atoms with Crippen LogP contribution in [0.4, 0.5) is 9.59 Å². The molecule has 60 heavy (non-hydrogen) atoms. The number of urea groups is 1. The monoisotopic (exact) mass is 819 g/mol. The van der Waals surface area contributed by atoms with Gasteiger partial charge in [0, 0.05) is 43.6 Å². The van der Waals surface area contributed by atoms with Gasteiger partial charge in [0.15, 0.2) is 0 Å². The molecule has 2 aromatic carbocycles. The fourth-order valence-corrected chi connectivity index (χ4v) is 8.11. The second-order valence-corrected chi connectivity index (χ2v) is 18.0. The number of aliphatic hydroxyl groups is 1. The Bertz CT molecular complexity index is 2070. The quantitative estimate of drug-likeness (QED) is 0.102. The van der Waals surface area contributed by atoms with E-state index in [1.165, 1.54) is 7.05 Å². The van der Waals surface area contributed by atoms with Crippen LogP contribution in [-0.2, 0) is 29.0 Å². The number of carboxylic acid groups (broad SMARTS) is 1. The van der Waals surface area contributed by atoms with Crippen molar-refractivity contribution in [2.45, 2.75) is 105 Å². The number of hydrogen-bond acceptors (Lipinski definition) is 7. The smallest absolute Gasteiger partial charge is 0.407 e. The minimum absolute atomic E-state index is 0.0270. The Balaban J connectivity index is 1.43. The van der Waals surface area contributed by atoms with Gasteiger partial charge in [-0.2, -0.15) is 0 Å². The van der Waals surface area contributed by atoms with Crippen molar-refractivity contribution in [2.24, 2.45) is 10.8 Å². The van der Waals surface area contributed by atoms with Crippen LogP contribution in [0.2, 0.25) is 0 Å². The third-order valence-corrected chi connectivity index (χ3v) is 10.9. The SMILES string of the molecule is Cc1cccc(CN2CCN([C@H](C(=O)N[C@@H](Cc3ccccc3)[C@@H](O)C[C@H](Cc3ccc(-c4ccccn4)cc3)NC(=O)[C@@H](N(C)C(=O)O)C(C)(C)C)C(C)(C)C)C2=O)n1. The molecule has 5 rings (SSSR count). The van der Waals surface area contributed by atoms with E-state index in [0.717, 1.165) is 38.7 Å². The van der Waals surface area contributed by atoms with Gasteiger partial charge in [-0.15, -0.1) is 0 Å². The Labute approximate surface area is 354 Å². The molecule has 0 saturated carbocycles. The van der Waals surface area contributed by atoms with Gasteiger partial charge in [0.2, 0.25) is 11.8 Å². The zero-order valence-electron chi connectivity index (χ0n) is 36.1. The number of pyridine rings is 2. The van der Waals surface area contributed by atoms with Gasteiger partial charge in [0.1, 0.15) is 12.1 Å². The second-order valence-electron chi connectivity index (χ2n) is 18.0. The first-order valence-electron chi connectivity index (χ1n) is 20.6. The molecule has 2 aromatic heterocycles. The molecule has 1 aliphatic rings. The van der Waals surface area contributed by atoms with Crippen molar-refractivity contribution in [3.05, 3.63) is 120 Å². The fourth-order valence-electron chi connectivity index (χ4n) is 8.11. The average Bonchev–Trinajstić information content (AvgIpc) is 3.52. The van der Waals surface area contributed by atoms with Crippen molar-refractivity contribution in [2.75, 3.05) is 20.1 Å². The molecular weight excluding hydrogens is 759 g/mol. The normalized spacial score (nSPS) is 15.8. The van der Waals surface area contributed by atoms with E-state index in [1.54, 1.807) is 36.8 Å². The number of rotatable bonds is 16. The first kappa shape index (κ1) is 45.3. The van der Waals surface area contributed by atoms with E-state index in [2.05, 4.69) is 20.6 Å². The molecule has 1 fully saturated rings. The lowest BCUT2D eigenvalue weighted by Crippen LogP contribution is -2.59. The summed E-state index contributed by atoms with van der Waals surface area (Å²) in [5.41, 5.74) is 3.68. The molecule has 1 aliphatic heterocycles. The van der Waals surface area contributed by atoms with Gasteiger partial charge in [0.05, 0.1) is 30.1 Å². The Morgan fingerprint density at radius 2 is 1.47 bits per heavy atom. The first-order valence-corrected chi connectivity index (χ1v) is 20.6. The minimum atomic E-state index is -1.24. The van der Waals surface area contributed by atoms with E-state index in [0.29, 0.717) is 26.1 Å². The zero-order chi connectivity index (χ0) is 43.8. The molecule has 3 heterocycles. The van der Waals surface area contributed by atoms with E-state index < -0.39 is 59.0 Å². The van der Waals surface area contributed by atoms with Gasteiger partial charge in [-0.1, -0.05) is 108 Å². The summed E-state index contributed by atoms with van der Waals surface area (Å²) in [6, 6.07) is 25.1. The summed E-state index contributed by atoms with van der Waals surface area (Å²) in [7, 11) is 1.37. The van der Waals surface area contributed by atoms with Crippen molar-refractivity contribution in [1.82, 2.24) is 35.3 Å². The van der Waals surface area contributed by atoms with Crippen LogP contribution < -0.4 is 10.6 Å². The Kier molecular flexibility index (Phi) is 14.7. The van der Waals surface area contributed by atoms with Crippen molar-refractivity contribution in [3.63, 3.8) is 0 Å². The number of nitrogens with zero attached hydrogens (tertiary/aromatic N) is 5. The number of aliphatic hydroxyl groups excluding tert-OH is 1. The molecule has 0 unspecified atom stereocenters. The van der Waals surface area contributed by atoms with Gasteiger partial charge in [0.25, 0.3) is 0 Å². The summed E-state index contributed by atoms with van der Waals surface area (Å²) in [6.07, 6.45) is -0.0708. The van der Waals surface area contributed by atoms with Crippen molar-refractivity contribution in [1.29, 1.82) is 0 Å². The highest BCUT2D eigenvalue weighted by Crippen LogP contribution is 2.30. The molecule has 5 amide bonds. The van der Waals surface area contributed by atoms with Gasteiger partial charge < -0.3 is 30.6 Å². The summed E-state index contributed by atoms with van der Waals surface area (Å²) >= 11 is 0. The summed E-state index contributed by atoms with van der Waals surface area (Å²) in [4.78, 5) is 68.1. The van der Waals surface area contributed by atoms with Crippen LogP contribution in [0, 0.1) is 17.8 Å². The molecule has 0 spiro atoms. The molecule has 4 aromatic rings. The maximum Gasteiger partial charge on any atom is 0.407 e. The van der Waals surface area contributed by atoms with Crippen LogP contribution in [-0.4, -0.2) is 109 Å². The summed E-state index contributed by atoms with van der Waals surface area (Å²) in [5, 5.41) is 28.4. The first-order chi connectivity index (χ1) is 28.3. The number of aryl methyl sites for hydroxylation is 1. The molecule has 13 heteroatoms. The van der Waals surface area contributed by atoms with Crippen LogP contribution in [0.5, 0.6) is 0 Å². The predicted octanol–water partition coefficient (Wildman–Crippen LogP) is 6.33. The number of aromatic nitrogens is 2. The van der Waals surface area contributed by atoms with Crippen molar-refractivity contribution >= 4 is 23.9 Å². The van der Waals surface area contributed by atoms with Crippen molar-refractivity contribution in [3.8, 4) is 11.3 Å². The number of amides is 5. The summed E-state index contributed by atoms with van der Waals surface area (Å²) < 4.78 is 0. The van der Waals surface area contributed by atoms with E-state index in [1.807, 2.05) is 119 Å².